The predicted octanol–water partition coefficient (Wildman–Crippen LogP) is 0.947. The lowest BCUT2D eigenvalue weighted by Crippen LogP contribution is -2.38. The molecule has 3 N–H and O–H groups in total. The smallest absolute Gasteiger partial charge is 0.255 e. The molecule has 7 heteroatoms. The number of anilines is 1. The van der Waals surface area contributed by atoms with Gasteiger partial charge in [0.2, 0.25) is 5.91 Å². The monoisotopic (exact) mass is 340 g/mol. The van der Waals surface area contributed by atoms with E-state index in [9.17, 15) is 9.59 Å². The van der Waals surface area contributed by atoms with Gasteiger partial charge in [0.15, 0.2) is 0 Å². The van der Waals surface area contributed by atoms with Crippen molar-refractivity contribution in [1.82, 2.24) is 10.3 Å². The molecule has 0 aliphatic carbocycles. The van der Waals surface area contributed by atoms with Crippen LogP contribution in [0.25, 0.3) is 0 Å². The maximum Gasteiger partial charge on any atom is 0.255 e. The first kappa shape index (κ1) is 16.9. The van der Waals surface area contributed by atoms with Crippen molar-refractivity contribution in [2.45, 2.75) is 6.54 Å². The molecule has 25 heavy (non-hydrogen) atoms. The summed E-state index contributed by atoms with van der Waals surface area (Å²) in [5, 5.41) is 2.89. The van der Waals surface area contributed by atoms with Gasteiger partial charge < -0.3 is 20.7 Å². The molecule has 130 valence electrons. The lowest BCUT2D eigenvalue weighted by molar-refractivity contribution is 0.0947. The van der Waals surface area contributed by atoms with Gasteiger partial charge in [0.25, 0.3) is 5.91 Å². The lowest BCUT2D eigenvalue weighted by Gasteiger charge is -2.29. The number of rotatable bonds is 5. The standard InChI is InChI=1S/C18H20N4O3/c19-16(23)14-5-3-13(4-6-14)12-21-18(24)15-2-1-7-20-17(15)22-8-10-25-11-9-22/h1-7H,8-12H2,(H2,19,23)(H,21,24). The quantitative estimate of drug-likeness (QED) is 0.844. The van der Waals surface area contributed by atoms with Crippen LogP contribution in [0.2, 0.25) is 0 Å². The number of ether oxygens (including phenoxy) is 1. The number of morpholine rings is 1. The van der Waals surface area contributed by atoms with Gasteiger partial charge in [-0.05, 0) is 29.8 Å². The lowest BCUT2D eigenvalue weighted by atomic mass is 10.1. The Bertz CT molecular complexity index is 755. The number of hydrogen-bond donors (Lipinski definition) is 2. The predicted molar refractivity (Wildman–Crippen MR) is 93.4 cm³/mol. The Morgan fingerprint density at radius 1 is 1.16 bits per heavy atom. The number of carbonyl (C=O) groups is 2. The van der Waals surface area contributed by atoms with Gasteiger partial charge in [-0.15, -0.1) is 0 Å². The van der Waals surface area contributed by atoms with E-state index in [2.05, 4.69) is 15.2 Å². The minimum atomic E-state index is -0.471. The van der Waals surface area contributed by atoms with E-state index in [1.165, 1.54) is 0 Å². The number of nitrogens with one attached hydrogen (secondary N) is 1. The van der Waals surface area contributed by atoms with E-state index in [0.29, 0.717) is 49.8 Å². The summed E-state index contributed by atoms with van der Waals surface area (Å²) < 4.78 is 5.35. The van der Waals surface area contributed by atoms with Crippen molar-refractivity contribution in [1.29, 1.82) is 0 Å². The van der Waals surface area contributed by atoms with Crippen molar-refractivity contribution < 1.29 is 14.3 Å². The van der Waals surface area contributed by atoms with Gasteiger partial charge >= 0.3 is 0 Å². The zero-order valence-corrected chi connectivity index (χ0v) is 13.8. The third kappa shape index (κ3) is 4.13. The molecule has 0 atom stereocenters. The molecule has 0 radical (unpaired) electrons. The van der Waals surface area contributed by atoms with Crippen molar-refractivity contribution in [3.05, 3.63) is 59.3 Å². The molecule has 1 fully saturated rings. The SMILES string of the molecule is NC(=O)c1ccc(CNC(=O)c2cccnc2N2CCOCC2)cc1. The average molecular weight is 340 g/mol. The van der Waals surface area contributed by atoms with Gasteiger partial charge in [-0.2, -0.15) is 0 Å². The fourth-order valence-electron chi connectivity index (χ4n) is 2.67. The normalized spacial score (nSPS) is 14.2. The van der Waals surface area contributed by atoms with E-state index < -0.39 is 5.91 Å². The van der Waals surface area contributed by atoms with Crippen LogP contribution < -0.4 is 16.0 Å². The third-order valence-corrected chi connectivity index (χ3v) is 4.03. The Morgan fingerprint density at radius 3 is 2.56 bits per heavy atom. The van der Waals surface area contributed by atoms with Crippen LogP contribution in [0.5, 0.6) is 0 Å². The number of nitrogens with two attached hydrogens (primary N) is 1. The molecule has 1 saturated heterocycles. The van der Waals surface area contributed by atoms with Gasteiger partial charge in [0, 0.05) is 31.4 Å². The molecule has 1 aromatic carbocycles. The van der Waals surface area contributed by atoms with E-state index >= 15 is 0 Å². The number of amides is 2. The summed E-state index contributed by atoms with van der Waals surface area (Å²) in [6, 6.07) is 10.4. The molecule has 7 nitrogen and oxygen atoms in total. The Hall–Kier alpha value is -2.93. The summed E-state index contributed by atoms with van der Waals surface area (Å²) >= 11 is 0. The molecule has 1 aromatic heterocycles. The second kappa shape index (κ2) is 7.76. The molecule has 0 bridgehead atoms. The molecule has 1 aliphatic rings. The highest BCUT2D eigenvalue weighted by Gasteiger charge is 2.19. The van der Waals surface area contributed by atoms with Crippen LogP contribution in [0.4, 0.5) is 5.82 Å². The largest absolute Gasteiger partial charge is 0.378 e. The van der Waals surface area contributed by atoms with E-state index in [-0.39, 0.29) is 5.91 Å². The van der Waals surface area contributed by atoms with Crippen LogP contribution in [0.15, 0.2) is 42.6 Å². The second-order valence-corrected chi connectivity index (χ2v) is 5.72. The highest BCUT2D eigenvalue weighted by atomic mass is 16.5. The first-order valence-corrected chi connectivity index (χ1v) is 8.10. The molecule has 0 spiro atoms. The minimum absolute atomic E-state index is 0.187. The second-order valence-electron chi connectivity index (χ2n) is 5.72. The summed E-state index contributed by atoms with van der Waals surface area (Å²) in [5.74, 6) is 0.0158. The van der Waals surface area contributed by atoms with Crippen molar-refractivity contribution in [3.63, 3.8) is 0 Å². The van der Waals surface area contributed by atoms with Gasteiger partial charge in [-0.25, -0.2) is 4.98 Å². The number of nitrogens with zero attached hydrogens (tertiary/aromatic N) is 2. The molecule has 1 aliphatic heterocycles. The van der Waals surface area contributed by atoms with Crippen LogP contribution >= 0.6 is 0 Å². The molecule has 0 saturated carbocycles. The van der Waals surface area contributed by atoms with E-state index in [4.69, 9.17) is 10.5 Å². The first-order valence-electron chi connectivity index (χ1n) is 8.10. The maximum absolute atomic E-state index is 12.6. The van der Waals surface area contributed by atoms with E-state index in [1.54, 1.807) is 42.6 Å². The number of primary amides is 1. The van der Waals surface area contributed by atoms with Crippen molar-refractivity contribution >= 4 is 17.6 Å². The zero-order valence-electron chi connectivity index (χ0n) is 13.8. The number of carbonyl (C=O) groups excluding carboxylic acids is 2. The molecule has 2 amide bonds. The number of pyridine rings is 1. The Kier molecular flexibility index (Phi) is 5.25. The summed E-state index contributed by atoms with van der Waals surface area (Å²) in [6.45, 7) is 3.04. The topological polar surface area (TPSA) is 97.5 Å². The zero-order chi connectivity index (χ0) is 17.6. The van der Waals surface area contributed by atoms with Gasteiger partial charge in [-0.1, -0.05) is 12.1 Å². The van der Waals surface area contributed by atoms with Crippen molar-refractivity contribution in [2.75, 3.05) is 31.2 Å². The van der Waals surface area contributed by atoms with E-state index in [0.717, 1.165) is 5.56 Å². The van der Waals surface area contributed by atoms with Crippen LogP contribution in [-0.4, -0.2) is 43.1 Å². The summed E-state index contributed by atoms with van der Waals surface area (Å²) in [7, 11) is 0. The van der Waals surface area contributed by atoms with Crippen LogP contribution in [0.1, 0.15) is 26.3 Å². The molecule has 2 heterocycles. The van der Waals surface area contributed by atoms with Crippen LogP contribution in [0.3, 0.4) is 0 Å². The van der Waals surface area contributed by atoms with Crippen molar-refractivity contribution in [2.24, 2.45) is 5.73 Å². The molecule has 2 aromatic rings. The third-order valence-electron chi connectivity index (χ3n) is 4.03. The van der Waals surface area contributed by atoms with Crippen molar-refractivity contribution in [3.8, 4) is 0 Å². The fourth-order valence-corrected chi connectivity index (χ4v) is 2.67. The Balaban J connectivity index is 1.68. The van der Waals surface area contributed by atoms with Gasteiger partial charge in [0.05, 0.1) is 18.8 Å². The van der Waals surface area contributed by atoms with Crippen LogP contribution in [-0.2, 0) is 11.3 Å². The summed E-state index contributed by atoms with van der Waals surface area (Å²) in [5.41, 5.74) is 7.09. The van der Waals surface area contributed by atoms with Crippen LogP contribution in [0, 0.1) is 0 Å². The summed E-state index contributed by atoms with van der Waals surface area (Å²) in [4.78, 5) is 30.1. The minimum Gasteiger partial charge on any atom is -0.378 e. The van der Waals surface area contributed by atoms with Gasteiger partial charge in [0.1, 0.15) is 5.82 Å². The highest BCUT2D eigenvalue weighted by molar-refractivity contribution is 5.99. The number of benzene rings is 1. The van der Waals surface area contributed by atoms with Gasteiger partial charge in [-0.3, -0.25) is 9.59 Å². The number of hydrogen-bond acceptors (Lipinski definition) is 5. The number of aromatic nitrogens is 1. The molecule has 0 unspecified atom stereocenters. The molecular formula is C18H20N4O3. The summed E-state index contributed by atoms with van der Waals surface area (Å²) in [6.07, 6.45) is 1.68. The highest BCUT2D eigenvalue weighted by Crippen LogP contribution is 2.18. The molecular weight excluding hydrogens is 320 g/mol. The first-order chi connectivity index (χ1) is 12.1. The fraction of sp³-hybridized carbons (Fsp3) is 0.278. The van der Waals surface area contributed by atoms with E-state index in [1.807, 2.05) is 0 Å². The maximum atomic E-state index is 12.6. The average Bonchev–Trinajstić information content (AvgIpc) is 2.67. The Morgan fingerprint density at radius 2 is 1.88 bits per heavy atom. The Labute approximate surface area is 145 Å². The molecule has 3 rings (SSSR count).